The van der Waals surface area contributed by atoms with Gasteiger partial charge in [0.2, 0.25) is 0 Å². The summed E-state index contributed by atoms with van der Waals surface area (Å²) in [6.07, 6.45) is 3.24. The molecule has 5 heteroatoms. The van der Waals surface area contributed by atoms with Crippen LogP contribution in [0.1, 0.15) is 24.1 Å². The van der Waals surface area contributed by atoms with Gasteiger partial charge in [-0.25, -0.2) is 0 Å². The van der Waals surface area contributed by atoms with Gasteiger partial charge in [0.05, 0.1) is 19.3 Å². The SMILES string of the molecule is OC(CNCCCOCC1CC1)COCc1cccs1. The predicted molar refractivity (Wildman–Crippen MR) is 81.0 cm³/mol. The van der Waals surface area contributed by atoms with E-state index in [4.69, 9.17) is 9.47 Å². The summed E-state index contributed by atoms with van der Waals surface area (Å²) in [4.78, 5) is 1.19. The van der Waals surface area contributed by atoms with Crippen LogP contribution >= 0.6 is 11.3 Å². The van der Waals surface area contributed by atoms with Gasteiger partial charge >= 0.3 is 0 Å². The van der Waals surface area contributed by atoms with Crippen LogP contribution in [0.3, 0.4) is 0 Å². The lowest BCUT2D eigenvalue weighted by atomic mass is 10.3. The van der Waals surface area contributed by atoms with Crippen molar-refractivity contribution in [3.8, 4) is 0 Å². The zero-order valence-corrected chi connectivity index (χ0v) is 12.7. The number of aliphatic hydroxyl groups is 1. The molecule has 0 spiro atoms. The van der Waals surface area contributed by atoms with E-state index in [0.717, 1.165) is 32.1 Å². The smallest absolute Gasteiger partial charge is 0.0897 e. The van der Waals surface area contributed by atoms with E-state index in [-0.39, 0.29) is 0 Å². The van der Waals surface area contributed by atoms with E-state index < -0.39 is 6.10 Å². The Morgan fingerprint density at radius 2 is 2.30 bits per heavy atom. The van der Waals surface area contributed by atoms with Crippen molar-refractivity contribution >= 4 is 11.3 Å². The highest BCUT2D eigenvalue weighted by Gasteiger charge is 2.20. The van der Waals surface area contributed by atoms with E-state index in [2.05, 4.69) is 5.32 Å². The highest BCUT2D eigenvalue weighted by molar-refractivity contribution is 7.09. The monoisotopic (exact) mass is 299 g/mol. The molecule has 114 valence electrons. The van der Waals surface area contributed by atoms with Gasteiger partial charge < -0.3 is 19.9 Å². The normalized spacial score (nSPS) is 16.4. The molecule has 20 heavy (non-hydrogen) atoms. The van der Waals surface area contributed by atoms with Crippen LogP contribution in [0.15, 0.2) is 17.5 Å². The molecule has 0 saturated heterocycles. The summed E-state index contributed by atoms with van der Waals surface area (Å²) in [5.41, 5.74) is 0. The minimum Gasteiger partial charge on any atom is -0.389 e. The zero-order valence-electron chi connectivity index (χ0n) is 11.9. The molecule has 1 aromatic rings. The molecule has 2 rings (SSSR count). The lowest BCUT2D eigenvalue weighted by Crippen LogP contribution is -2.31. The van der Waals surface area contributed by atoms with Crippen molar-refractivity contribution in [2.45, 2.75) is 32.0 Å². The molecule has 1 saturated carbocycles. The molecule has 2 N–H and O–H groups in total. The summed E-state index contributed by atoms with van der Waals surface area (Å²) in [6.45, 7) is 4.17. The first kappa shape index (κ1) is 15.9. The number of hydrogen-bond donors (Lipinski definition) is 2. The summed E-state index contributed by atoms with van der Waals surface area (Å²) >= 11 is 1.67. The third-order valence-electron chi connectivity index (χ3n) is 3.21. The van der Waals surface area contributed by atoms with E-state index in [1.807, 2.05) is 17.5 Å². The average Bonchev–Trinajstić information content (AvgIpc) is 3.12. The number of thiophene rings is 1. The first-order valence-corrected chi connectivity index (χ1v) is 8.29. The summed E-state index contributed by atoms with van der Waals surface area (Å²) in [7, 11) is 0. The first-order valence-electron chi connectivity index (χ1n) is 7.41. The molecule has 1 fully saturated rings. The van der Waals surface area contributed by atoms with Crippen LogP contribution < -0.4 is 5.32 Å². The average molecular weight is 299 g/mol. The Labute approximate surface area is 125 Å². The van der Waals surface area contributed by atoms with Crippen LogP contribution in [-0.2, 0) is 16.1 Å². The molecule has 0 radical (unpaired) electrons. The zero-order chi connectivity index (χ0) is 14.0. The van der Waals surface area contributed by atoms with Crippen molar-refractivity contribution < 1.29 is 14.6 Å². The van der Waals surface area contributed by atoms with E-state index in [1.54, 1.807) is 11.3 Å². The molecule has 4 nitrogen and oxygen atoms in total. The first-order chi connectivity index (χ1) is 9.84. The second-order valence-corrected chi connectivity index (χ2v) is 6.36. The van der Waals surface area contributed by atoms with E-state index >= 15 is 0 Å². The molecule has 0 amide bonds. The Morgan fingerprint density at radius 1 is 1.40 bits per heavy atom. The maximum atomic E-state index is 9.75. The molecule has 1 heterocycles. The fourth-order valence-corrected chi connectivity index (χ4v) is 2.49. The lowest BCUT2D eigenvalue weighted by Gasteiger charge is -2.12. The van der Waals surface area contributed by atoms with Crippen LogP contribution in [0.5, 0.6) is 0 Å². The molecule has 1 aliphatic rings. The molecular weight excluding hydrogens is 274 g/mol. The van der Waals surface area contributed by atoms with Gasteiger partial charge in [0.15, 0.2) is 0 Å². The standard InChI is InChI=1S/C15H25NO3S/c17-14(11-19-12-15-3-1-8-20-15)9-16-6-2-7-18-10-13-4-5-13/h1,3,8,13-14,16-17H,2,4-7,9-12H2. The fraction of sp³-hybridized carbons (Fsp3) is 0.733. The topological polar surface area (TPSA) is 50.7 Å². The maximum Gasteiger partial charge on any atom is 0.0897 e. The van der Waals surface area contributed by atoms with Crippen molar-refractivity contribution in [2.24, 2.45) is 5.92 Å². The number of aliphatic hydroxyl groups excluding tert-OH is 1. The molecule has 0 aliphatic heterocycles. The van der Waals surface area contributed by atoms with Crippen molar-refractivity contribution in [1.82, 2.24) is 5.32 Å². The summed E-state index contributed by atoms with van der Waals surface area (Å²) < 4.78 is 11.0. The summed E-state index contributed by atoms with van der Waals surface area (Å²) in [5.74, 6) is 0.838. The minimum atomic E-state index is -0.442. The van der Waals surface area contributed by atoms with Gasteiger partial charge in [-0.1, -0.05) is 6.07 Å². The molecule has 1 aromatic heterocycles. The number of nitrogens with one attached hydrogen (secondary N) is 1. The van der Waals surface area contributed by atoms with Crippen molar-refractivity contribution in [3.05, 3.63) is 22.4 Å². The summed E-state index contributed by atoms with van der Waals surface area (Å²) in [6, 6.07) is 4.05. The Kier molecular flexibility index (Phi) is 7.54. The Balaban J connectivity index is 1.35. The predicted octanol–water partition coefficient (Wildman–Crippen LogP) is 2.03. The quantitative estimate of drug-likeness (QED) is 0.580. The Bertz CT molecular complexity index is 341. The van der Waals surface area contributed by atoms with Gasteiger partial charge in [-0.2, -0.15) is 0 Å². The van der Waals surface area contributed by atoms with Gasteiger partial charge in [-0.3, -0.25) is 0 Å². The molecule has 1 aliphatic carbocycles. The van der Waals surface area contributed by atoms with Gasteiger partial charge in [0, 0.05) is 24.6 Å². The molecule has 0 aromatic carbocycles. The van der Waals surface area contributed by atoms with Crippen molar-refractivity contribution in [1.29, 1.82) is 0 Å². The lowest BCUT2D eigenvalue weighted by molar-refractivity contribution is 0.0295. The third-order valence-corrected chi connectivity index (χ3v) is 4.06. The highest BCUT2D eigenvalue weighted by atomic mass is 32.1. The number of rotatable bonds is 12. The Morgan fingerprint density at radius 3 is 3.05 bits per heavy atom. The van der Waals surface area contributed by atoms with E-state index in [1.165, 1.54) is 17.7 Å². The van der Waals surface area contributed by atoms with Crippen LogP contribution in [-0.4, -0.2) is 44.1 Å². The van der Waals surface area contributed by atoms with Crippen molar-refractivity contribution in [2.75, 3.05) is 32.9 Å². The highest BCUT2D eigenvalue weighted by Crippen LogP contribution is 2.28. The molecular formula is C15H25NO3S. The molecule has 1 unspecified atom stereocenters. The van der Waals surface area contributed by atoms with Crippen LogP contribution in [0.2, 0.25) is 0 Å². The largest absolute Gasteiger partial charge is 0.389 e. The van der Waals surface area contributed by atoms with Crippen LogP contribution in [0.25, 0.3) is 0 Å². The number of ether oxygens (including phenoxy) is 2. The fourth-order valence-electron chi connectivity index (χ4n) is 1.85. The van der Waals surface area contributed by atoms with Gasteiger partial charge in [0.1, 0.15) is 0 Å². The van der Waals surface area contributed by atoms with E-state index in [0.29, 0.717) is 19.8 Å². The Hall–Kier alpha value is -0.460. The van der Waals surface area contributed by atoms with Crippen LogP contribution in [0.4, 0.5) is 0 Å². The van der Waals surface area contributed by atoms with Gasteiger partial charge in [-0.05, 0) is 43.2 Å². The number of hydrogen-bond acceptors (Lipinski definition) is 5. The second-order valence-electron chi connectivity index (χ2n) is 5.32. The molecule has 0 bridgehead atoms. The van der Waals surface area contributed by atoms with E-state index in [9.17, 15) is 5.11 Å². The molecule has 1 atom stereocenters. The third kappa shape index (κ3) is 7.36. The maximum absolute atomic E-state index is 9.75. The minimum absolute atomic E-state index is 0.378. The second kappa shape index (κ2) is 9.47. The van der Waals surface area contributed by atoms with Gasteiger partial charge in [-0.15, -0.1) is 11.3 Å². The van der Waals surface area contributed by atoms with Gasteiger partial charge in [0.25, 0.3) is 0 Å². The summed E-state index contributed by atoms with van der Waals surface area (Å²) in [5, 5.41) is 15.0. The van der Waals surface area contributed by atoms with Crippen LogP contribution in [0, 0.1) is 5.92 Å². The van der Waals surface area contributed by atoms with Crippen molar-refractivity contribution in [3.63, 3.8) is 0 Å².